The number of H-pyrrole nitrogens is 1. The van der Waals surface area contributed by atoms with Crippen LogP contribution >= 0.6 is 0 Å². The van der Waals surface area contributed by atoms with Crippen molar-refractivity contribution in [2.24, 2.45) is 5.73 Å². The van der Waals surface area contributed by atoms with Gasteiger partial charge >= 0.3 is 0 Å². The standard InChI is InChI=1S/C13H19N3O3/c1-3-19-10-6-9(14)11(10)16-13(18)8-5-4-7(2)15-12(8)17/h4-5,9-11H,3,6,14H2,1-2H3,(H,15,17)(H,16,18). The van der Waals surface area contributed by atoms with E-state index in [1.165, 1.54) is 6.07 Å². The third-order valence-corrected chi connectivity index (χ3v) is 3.34. The molecule has 1 aromatic rings. The number of carbonyl (C=O) groups excluding carboxylic acids is 1. The van der Waals surface area contributed by atoms with Crippen molar-refractivity contribution >= 4 is 5.91 Å². The molecule has 3 unspecified atom stereocenters. The molecule has 1 aliphatic rings. The Morgan fingerprint density at radius 1 is 1.58 bits per heavy atom. The van der Waals surface area contributed by atoms with Crippen LogP contribution in [-0.4, -0.2) is 35.7 Å². The number of nitrogens with two attached hydrogens (primary N) is 1. The molecule has 1 aromatic heterocycles. The van der Waals surface area contributed by atoms with Crippen molar-refractivity contribution in [1.82, 2.24) is 10.3 Å². The van der Waals surface area contributed by atoms with E-state index < -0.39 is 11.5 Å². The van der Waals surface area contributed by atoms with Crippen molar-refractivity contribution in [1.29, 1.82) is 0 Å². The lowest BCUT2D eigenvalue weighted by atomic mass is 9.83. The summed E-state index contributed by atoms with van der Waals surface area (Å²) < 4.78 is 5.47. The van der Waals surface area contributed by atoms with E-state index in [0.717, 1.165) is 6.42 Å². The number of ether oxygens (including phenoxy) is 1. The number of hydrogen-bond acceptors (Lipinski definition) is 4. The molecule has 1 heterocycles. The monoisotopic (exact) mass is 265 g/mol. The van der Waals surface area contributed by atoms with E-state index in [2.05, 4.69) is 10.3 Å². The van der Waals surface area contributed by atoms with Gasteiger partial charge in [-0.2, -0.15) is 0 Å². The van der Waals surface area contributed by atoms with Crippen LogP contribution in [0.25, 0.3) is 0 Å². The van der Waals surface area contributed by atoms with Crippen LogP contribution in [0.4, 0.5) is 0 Å². The molecule has 0 bridgehead atoms. The van der Waals surface area contributed by atoms with Crippen LogP contribution in [0.2, 0.25) is 0 Å². The molecule has 4 N–H and O–H groups in total. The van der Waals surface area contributed by atoms with Gasteiger partial charge in [-0.15, -0.1) is 0 Å². The zero-order valence-electron chi connectivity index (χ0n) is 11.1. The van der Waals surface area contributed by atoms with Gasteiger partial charge in [0, 0.05) is 18.3 Å². The van der Waals surface area contributed by atoms with Crippen molar-refractivity contribution in [3.8, 4) is 0 Å². The number of hydrogen-bond donors (Lipinski definition) is 3. The average molecular weight is 265 g/mol. The van der Waals surface area contributed by atoms with Gasteiger partial charge in [0.15, 0.2) is 0 Å². The third-order valence-electron chi connectivity index (χ3n) is 3.34. The van der Waals surface area contributed by atoms with Crippen LogP contribution in [0.15, 0.2) is 16.9 Å². The number of aromatic nitrogens is 1. The van der Waals surface area contributed by atoms with Crippen LogP contribution in [-0.2, 0) is 4.74 Å². The number of nitrogens with one attached hydrogen (secondary N) is 2. The molecule has 0 aromatic carbocycles. The van der Waals surface area contributed by atoms with E-state index in [-0.39, 0.29) is 23.8 Å². The van der Waals surface area contributed by atoms with Gasteiger partial charge in [-0.25, -0.2) is 0 Å². The maximum atomic E-state index is 12.0. The highest BCUT2D eigenvalue weighted by molar-refractivity contribution is 5.94. The summed E-state index contributed by atoms with van der Waals surface area (Å²) in [5.74, 6) is -0.411. The van der Waals surface area contributed by atoms with Crippen LogP contribution in [0.5, 0.6) is 0 Å². The second-order valence-corrected chi connectivity index (χ2v) is 4.78. The molecule has 1 aliphatic carbocycles. The summed E-state index contributed by atoms with van der Waals surface area (Å²) >= 11 is 0. The number of pyridine rings is 1. The van der Waals surface area contributed by atoms with Crippen molar-refractivity contribution in [3.05, 3.63) is 33.7 Å². The molecule has 0 aliphatic heterocycles. The Labute approximate surface area is 111 Å². The Morgan fingerprint density at radius 2 is 2.32 bits per heavy atom. The number of aromatic amines is 1. The van der Waals surface area contributed by atoms with Gasteiger partial charge in [-0.05, 0) is 32.4 Å². The van der Waals surface area contributed by atoms with Crippen molar-refractivity contribution < 1.29 is 9.53 Å². The molecule has 6 heteroatoms. The largest absolute Gasteiger partial charge is 0.376 e. The fraction of sp³-hybridized carbons (Fsp3) is 0.538. The Balaban J connectivity index is 2.06. The van der Waals surface area contributed by atoms with Crippen LogP contribution in [0, 0.1) is 6.92 Å². The molecule has 104 valence electrons. The Hall–Kier alpha value is -1.66. The van der Waals surface area contributed by atoms with Gasteiger partial charge in [0.1, 0.15) is 5.56 Å². The smallest absolute Gasteiger partial charge is 0.260 e. The quantitative estimate of drug-likeness (QED) is 0.709. The molecule has 1 fully saturated rings. The van der Waals surface area contributed by atoms with Gasteiger partial charge in [-0.1, -0.05) is 0 Å². The Morgan fingerprint density at radius 3 is 2.89 bits per heavy atom. The van der Waals surface area contributed by atoms with Crippen molar-refractivity contribution in [2.45, 2.75) is 38.5 Å². The van der Waals surface area contributed by atoms with Crippen LogP contribution in [0.3, 0.4) is 0 Å². The first-order chi connectivity index (χ1) is 9.02. The van der Waals surface area contributed by atoms with Crippen LogP contribution < -0.4 is 16.6 Å². The highest BCUT2D eigenvalue weighted by atomic mass is 16.5. The molecule has 19 heavy (non-hydrogen) atoms. The number of rotatable bonds is 4. The van der Waals surface area contributed by atoms with Gasteiger partial charge in [0.05, 0.1) is 12.1 Å². The molecule has 0 radical (unpaired) electrons. The van der Waals surface area contributed by atoms with Crippen LogP contribution in [0.1, 0.15) is 29.4 Å². The zero-order valence-corrected chi connectivity index (χ0v) is 11.1. The first-order valence-electron chi connectivity index (χ1n) is 6.41. The van der Waals surface area contributed by atoms with E-state index >= 15 is 0 Å². The first kappa shape index (κ1) is 13.8. The van der Waals surface area contributed by atoms with Crippen molar-refractivity contribution in [2.75, 3.05) is 6.61 Å². The molecule has 3 atom stereocenters. The first-order valence-corrected chi connectivity index (χ1v) is 6.41. The maximum Gasteiger partial charge on any atom is 0.260 e. The molecule has 1 saturated carbocycles. The summed E-state index contributed by atoms with van der Waals surface area (Å²) in [5.41, 5.74) is 6.27. The molecule has 6 nitrogen and oxygen atoms in total. The molecule has 1 amide bonds. The van der Waals surface area contributed by atoms with E-state index in [1.807, 2.05) is 6.92 Å². The van der Waals surface area contributed by atoms with Gasteiger partial charge in [0.25, 0.3) is 11.5 Å². The average Bonchev–Trinajstić information content (AvgIpc) is 2.35. The minimum atomic E-state index is -0.411. The summed E-state index contributed by atoms with van der Waals surface area (Å²) in [6.45, 7) is 4.23. The lowest BCUT2D eigenvalue weighted by Crippen LogP contribution is -2.65. The highest BCUT2D eigenvalue weighted by Gasteiger charge is 2.40. The summed E-state index contributed by atoms with van der Waals surface area (Å²) in [4.78, 5) is 26.3. The van der Waals surface area contributed by atoms with E-state index in [1.54, 1.807) is 13.0 Å². The SMILES string of the molecule is CCOC1CC(N)C1NC(=O)c1ccc(C)[nH]c1=O. The molecule has 0 saturated heterocycles. The van der Waals surface area contributed by atoms with Gasteiger partial charge < -0.3 is 20.8 Å². The van der Waals surface area contributed by atoms with E-state index in [9.17, 15) is 9.59 Å². The third kappa shape index (κ3) is 2.85. The van der Waals surface area contributed by atoms with Gasteiger partial charge in [0.2, 0.25) is 0 Å². The molecular formula is C13H19N3O3. The second kappa shape index (κ2) is 5.54. The normalized spacial score (nSPS) is 25.7. The minimum Gasteiger partial charge on any atom is -0.376 e. The number of amides is 1. The van der Waals surface area contributed by atoms with E-state index in [4.69, 9.17) is 10.5 Å². The van der Waals surface area contributed by atoms with Crippen molar-refractivity contribution in [3.63, 3.8) is 0 Å². The zero-order chi connectivity index (χ0) is 14.0. The summed E-state index contributed by atoms with van der Waals surface area (Å²) in [6.07, 6.45) is 0.664. The predicted molar refractivity (Wildman–Crippen MR) is 71.1 cm³/mol. The predicted octanol–water partition coefficient (Wildman–Crippen LogP) is -0.0822. The second-order valence-electron chi connectivity index (χ2n) is 4.78. The molecule has 0 spiro atoms. The van der Waals surface area contributed by atoms with Gasteiger partial charge in [-0.3, -0.25) is 9.59 Å². The summed E-state index contributed by atoms with van der Waals surface area (Å²) in [5, 5.41) is 2.77. The molecular weight excluding hydrogens is 246 g/mol. The lowest BCUT2D eigenvalue weighted by Gasteiger charge is -2.42. The Kier molecular flexibility index (Phi) is 4.01. The summed E-state index contributed by atoms with van der Waals surface area (Å²) in [6, 6.07) is 2.86. The maximum absolute atomic E-state index is 12.0. The summed E-state index contributed by atoms with van der Waals surface area (Å²) in [7, 11) is 0. The molecule has 2 rings (SSSR count). The fourth-order valence-electron chi connectivity index (χ4n) is 2.21. The van der Waals surface area contributed by atoms with E-state index in [0.29, 0.717) is 12.3 Å². The lowest BCUT2D eigenvalue weighted by molar-refractivity contribution is -0.0300. The topological polar surface area (TPSA) is 97.2 Å². The number of aryl methyl sites for hydroxylation is 1. The number of carbonyl (C=O) groups is 1. The fourth-order valence-corrected chi connectivity index (χ4v) is 2.21. The Bertz CT molecular complexity index is 524. The highest BCUT2D eigenvalue weighted by Crippen LogP contribution is 2.22. The minimum absolute atomic E-state index is 0.0616.